The molecule has 0 unspecified atom stereocenters. The van der Waals surface area contributed by atoms with E-state index in [2.05, 4.69) is 15.5 Å². The van der Waals surface area contributed by atoms with Gasteiger partial charge < -0.3 is 20.3 Å². The van der Waals surface area contributed by atoms with Gasteiger partial charge in [-0.1, -0.05) is 28.4 Å². The van der Waals surface area contributed by atoms with E-state index in [4.69, 9.17) is 49.8 Å². The molecule has 0 saturated carbocycles. The minimum atomic E-state index is -1.14. The highest BCUT2D eigenvalue weighted by atomic mass is 35.5. The number of aryl methyl sites for hydroxylation is 1. The molecule has 128 valence electrons. The molecule has 24 heavy (non-hydrogen) atoms. The van der Waals surface area contributed by atoms with E-state index in [-0.39, 0.29) is 32.4 Å². The number of nitrogens with one attached hydrogen (secondary N) is 2. The van der Waals surface area contributed by atoms with Crippen molar-refractivity contribution in [3.63, 3.8) is 0 Å². The summed E-state index contributed by atoms with van der Waals surface area (Å²) in [6.45, 7) is 3.04. The number of halogens is 3. The maximum absolute atomic E-state index is 12.1. The first kappa shape index (κ1) is 18.3. The summed E-state index contributed by atoms with van der Waals surface area (Å²) in [6.07, 6.45) is -1.14. The topological polar surface area (TPSA) is 122 Å². The molecule has 8 nitrogen and oxygen atoms in total. The molecule has 0 aliphatic rings. The Balaban J connectivity index is 2.10. The number of nitrogen functional groups attached to an aromatic ring is 1. The van der Waals surface area contributed by atoms with Crippen LogP contribution in [0.3, 0.4) is 0 Å². The van der Waals surface area contributed by atoms with Gasteiger partial charge in [0.05, 0.1) is 5.69 Å². The molecular formula is C13H12Cl3N4O4+. The molecule has 0 aliphatic heterocycles. The van der Waals surface area contributed by atoms with Gasteiger partial charge in [-0.05, 0) is 25.4 Å². The fraction of sp³-hybridized carbons (Fsp3) is 0.231. The van der Waals surface area contributed by atoms with Crippen LogP contribution in [0.1, 0.15) is 23.2 Å². The highest BCUT2D eigenvalue weighted by Gasteiger charge is 2.30. The van der Waals surface area contributed by atoms with E-state index in [1.54, 1.807) is 6.92 Å². The van der Waals surface area contributed by atoms with Gasteiger partial charge >= 0.3 is 11.7 Å². The Morgan fingerprint density at radius 2 is 2.04 bits per heavy atom. The lowest BCUT2D eigenvalue weighted by molar-refractivity contribution is -0.380. The highest BCUT2D eigenvalue weighted by molar-refractivity contribution is 6.45. The number of nitrogens with zero attached hydrogens (tertiary/aromatic N) is 1. The number of hydrogen-bond donors (Lipinski definition) is 2. The van der Waals surface area contributed by atoms with E-state index in [0.29, 0.717) is 5.76 Å². The van der Waals surface area contributed by atoms with Crippen molar-refractivity contribution in [2.45, 2.75) is 20.0 Å². The quantitative estimate of drug-likeness (QED) is 0.607. The van der Waals surface area contributed by atoms with E-state index >= 15 is 0 Å². The zero-order valence-electron chi connectivity index (χ0n) is 12.4. The largest absolute Gasteiger partial charge is 0.445 e. The normalized spacial score (nSPS) is 11.9. The molecule has 2 rings (SSSR count). The summed E-state index contributed by atoms with van der Waals surface area (Å²) in [5.41, 5.74) is 5.34. The summed E-state index contributed by atoms with van der Waals surface area (Å²) >= 11 is 17.6. The third-order valence-corrected chi connectivity index (χ3v) is 4.02. The molecular weight excluding hydrogens is 383 g/mol. The van der Waals surface area contributed by atoms with Crippen LogP contribution in [-0.2, 0) is 9.53 Å². The lowest BCUT2D eigenvalue weighted by Gasteiger charge is -2.11. The Labute approximate surface area is 151 Å². The van der Waals surface area contributed by atoms with Crippen LogP contribution in [-0.4, -0.2) is 23.1 Å². The van der Waals surface area contributed by atoms with Crippen LogP contribution in [0, 0.1) is 6.92 Å². The highest BCUT2D eigenvalue weighted by Crippen LogP contribution is 2.32. The van der Waals surface area contributed by atoms with Crippen LogP contribution in [0.5, 0.6) is 0 Å². The summed E-state index contributed by atoms with van der Waals surface area (Å²) in [6, 6.07) is 1.51. The predicted molar refractivity (Wildman–Crippen MR) is 87.2 cm³/mol. The third kappa shape index (κ3) is 3.89. The van der Waals surface area contributed by atoms with Crippen molar-refractivity contribution in [3.05, 3.63) is 32.7 Å². The molecule has 0 saturated heterocycles. The number of carbonyl (C=O) groups excluding carboxylic acids is 2. The lowest BCUT2D eigenvalue weighted by Crippen LogP contribution is -2.32. The van der Waals surface area contributed by atoms with Crippen molar-refractivity contribution < 1.29 is 23.8 Å². The van der Waals surface area contributed by atoms with Gasteiger partial charge in [0.1, 0.15) is 15.8 Å². The van der Waals surface area contributed by atoms with Crippen LogP contribution in [0.2, 0.25) is 15.2 Å². The number of pyridine rings is 1. The Morgan fingerprint density at radius 1 is 1.38 bits per heavy atom. The van der Waals surface area contributed by atoms with Gasteiger partial charge in [-0.3, -0.25) is 4.79 Å². The Morgan fingerprint density at radius 3 is 2.62 bits per heavy atom. The monoisotopic (exact) mass is 393 g/mol. The first-order chi connectivity index (χ1) is 11.2. The van der Waals surface area contributed by atoms with Crippen LogP contribution >= 0.6 is 34.8 Å². The average molecular weight is 395 g/mol. The summed E-state index contributed by atoms with van der Waals surface area (Å²) in [5.74, 6) is -0.823. The number of nitrogens with two attached hydrogens (primary N) is 1. The first-order valence-corrected chi connectivity index (χ1v) is 7.64. The van der Waals surface area contributed by atoms with Crippen LogP contribution in [0.4, 0.5) is 11.5 Å². The van der Waals surface area contributed by atoms with Crippen molar-refractivity contribution in [2.24, 2.45) is 0 Å². The van der Waals surface area contributed by atoms with Gasteiger partial charge in [0, 0.05) is 6.07 Å². The number of amides is 1. The number of H-pyrrole nitrogens is 1. The minimum absolute atomic E-state index is 0.0228. The summed E-state index contributed by atoms with van der Waals surface area (Å²) in [4.78, 5) is 26.6. The van der Waals surface area contributed by atoms with Crippen LogP contribution < -0.4 is 16.0 Å². The van der Waals surface area contributed by atoms with E-state index < -0.39 is 18.0 Å². The van der Waals surface area contributed by atoms with E-state index in [9.17, 15) is 9.59 Å². The number of esters is 1. The van der Waals surface area contributed by atoms with Crippen molar-refractivity contribution in [3.8, 4) is 0 Å². The first-order valence-electron chi connectivity index (χ1n) is 6.51. The van der Waals surface area contributed by atoms with Crippen molar-refractivity contribution in [2.75, 3.05) is 11.1 Å². The molecule has 0 bridgehead atoms. The molecule has 4 N–H and O–H groups in total. The zero-order chi connectivity index (χ0) is 18.0. The smallest absolute Gasteiger partial charge is 0.406 e. The number of rotatable bonds is 4. The molecule has 2 aromatic rings. The SMILES string of the molecule is Cc1cc(NC(=O)[C@H](C)OC(=O)c2[nH+]c(Cl)c(Cl)c(N)c2Cl)no1. The molecule has 0 fully saturated rings. The molecule has 0 radical (unpaired) electrons. The predicted octanol–water partition coefficient (Wildman–Crippen LogP) is 2.52. The molecule has 0 aromatic carbocycles. The van der Waals surface area contributed by atoms with Gasteiger partial charge in [-0.25, -0.2) is 4.79 Å². The maximum Gasteiger partial charge on any atom is 0.406 e. The van der Waals surface area contributed by atoms with E-state index in [0.717, 1.165) is 0 Å². The molecule has 2 aromatic heterocycles. The number of ether oxygens (including phenoxy) is 1. The zero-order valence-corrected chi connectivity index (χ0v) is 14.7. The van der Waals surface area contributed by atoms with Gasteiger partial charge in [-0.2, -0.15) is 4.98 Å². The Bertz CT molecular complexity index is 809. The molecule has 1 atom stereocenters. The Kier molecular flexibility index (Phi) is 5.53. The van der Waals surface area contributed by atoms with Gasteiger partial charge in [0.25, 0.3) is 11.1 Å². The van der Waals surface area contributed by atoms with E-state index in [1.807, 2.05) is 0 Å². The second-order valence-electron chi connectivity index (χ2n) is 4.72. The fourth-order valence-corrected chi connectivity index (χ4v) is 2.24. The second-order valence-corrected chi connectivity index (χ2v) is 5.85. The number of aromatic amines is 1. The number of anilines is 2. The summed E-state index contributed by atoms with van der Waals surface area (Å²) in [7, 11) is 0. The molecule has 11 heteroatoms. The lowest BCUT2D eigenvalue weighted by atomic mass is 10.3. The van der Waals surface area contributed by atoms with E-state index in [1.165, 1.54) is 13.0 Å². The van der Waals surface area contributed by atoms with Crippen LogP contribution in [0.15, 0.2) is 10.6 Å². The van der Waals surface area contributed by atoms with Gasteiger partial charge in [-0.15, -0.1) is 0 Å². The molecule has 0 aliphatic carbocycles. The minimum Gasteiger partial charge on any atom is -0.445 e. The fourth-order valence-electron chi connectivity index (χ4n) is 1.64. The van der Waals surface area contributed by atoms with Crippen molar-refractivity contribution in [1.29, 1.82) is 0 Å². The van der Waals surface area contributed by atoms with Gasteiger partial charge in [0.2, 0.25) is 0 Å². The van der Waals surface area contributed by atoms with Crippen LogP contribution in [0.25, 0.3) is 0 Å². The average Bonchev–Trinajstić information content (AvgIpc) is 2.93. The standard InChI is InChI=1S/C13H11Cl3N4O4/c1-4-3-6(20-24-4)18-12(21)5(2)23-13(22)10-7(14)9(17)8(15)11(16)19-10/h3,5H,1-2H3,(H2,17,19)(H,18,20,21)/p+1/t5-/m0/s1. The van der Waals surface area contributed by atoms with Gasteiger partial charge in [0.15, 0.2) is 11.9 Å². The molecule has 2 heterocycles. The third-order valence-electron chi connectivity index (χ3n) is 2.86. The molecule has 0 spiro atoms. The van der Waals surface area contributed by atoms with Crippen molar-refractivity contribution >= 4 is 58.2 Å². The summed E-state index contributed by atoms with van der Waals surface area (Å²) in [5, 5.41) is 5.77. The van der Waals surface area contributed by atoms with Crippen molar-refractivity contribution in [1.82, 2.24) is 5.16 Å². The number of hydrogen-bond acceptors (Lipinski definition) is 6. The molecule has 1 amide bonds. The number of aromatic nitrogens is 2. The second kappa shape index (κ2) is 7.25. The summed E-state index contributed by atoms with van der Waals surface area (Å²) < 4.78 is 9.84. The Hall–Kier alpha value is -2.03. The maximum atomic E-state index is 12.1. The number of carbonyl (C=O) groups is 2.